The molecule has 0 radical (unpaired) electrons. The van der Waals surface area contributed by atoms with Gasteiger partial charge in [-0.05, 0) is 19.1 Å². The van der Waals surface area contributed by atoms with Crippen LogP contribution in [-0.2, 0) is 11.3 Å². The van der Waals surface area contributed by atoms with E-state index >= 15 is 0 Å². The molecule has 1 aliphatic heterocycles. The number of piperazine rings is 1. The Balaban J connectivity index is 1.49. The Morgan fingerprint density at radius 1 is 1.21 bits per heavy atom. The van der Waals surface area contributed by atoms with Crippen LogP contribution in [0, 0.1) is 6.92 Å². The molecule has 2 heterocycles. The highest BCUT2D eigenvalue weighted by Crippen LogP contribution is 2.10. The van der Waals surface area contributed by atoms with E-state index < -0.39 is 0 Å². The number of nitrogens with zero attached hydrogens (tertiary/aromatic N) is 3. The van der Waals surface area contributed by atoms with Crippen LogP contribution in [0.2, 0.25) is 5.02 Å². The third-order valence-corrected chi connectivity index (χ3v) is 5.26. The van der Waals surface area contributed by atoms with Gasteiger partial charge in [0.2, 0.25) is 5.91 Å². The molecule has 0 atom stereocenters. The number of rotatable bonds is 5. The molecule has 1 aromatic carbocycles. The zero-order valence-corrected chi connectivity index (χ0v) is 17.1. The second-order valence-corrected chi connectivity index (χ2v) is 7.75. The van der Waals surface area contributed by atoms with E-state index in [4.69, 9.17) is 11.6 Å². The first kappa shape index (κ1) is 20.3. The summed E-state index contributed by atoms with van der Waals surface area (Å²) in [6.07, 6.45) is 1.49. The number of carbonyl (C=O) groups is 2. The summed E-state index contributed by atoms with van der Waals surface area (Å²) < 4.78 is 0. The van der Waals surface area contributed by atoms with E-state index in [1.807, 2.05) is 4.90 Å². The maximum Gasteiger partial charge on any atom is 0.272 e. The molecule has 1 aromatic heterocycles. The van der Waals surface area contributed by atoms with Gasteiger partial charge in [0.1, 0.15) is 12.2 Å². The minimum absolute atomic E-state index is 0.0347. The zero-order chi connectivity index (χ0) is 20.1. The lowest BCUT2D eigenvalue weighted by Gasteiger charge is -2.33. The lowest BCUT2D eigenvalue weighted by Crippen LogP contribution is -3.13. The molecule has 7 heteroatoms. The Labute approximate surface area is 170 Å². The molecule has 148 valence electrons. The molecule has 0 bridgehead atoms. The van der Waals surface area contributed by atoms with Crippen LogP contribution in [0.4, 0.5) is 0 Å². The first-order valence-corrected chi connectivity index (χ1v) is 9.84. The minimum Gasteiger partial charge on any atom is -0.331 e. The number of hydrogen-bond acceptors (Lipinski definition) is 3. The van der Waals surface area contributed by atoms with Gasteiger partial charge in [-0.15, -0.1) is 0 Å². The van der Waals surface area contributed by atoms with Crippen LogP contribution < -0.4 is 4.90 Å². The van der Waals surface area contributed by atoms with Crippen LogP contribution >= 0.6 is 11.6 Å². The molecule has 2 amide bonds. The number of hydrogen-bond donors (Lipinski definition) is 1. The number of aryl methyl sites for hydroxylation is 1. The Hall–Kier alpha value is -2.44. The van der Waals surface area contributed by atoms with Crippen molar-refractivity contribution in [2.75, 3.05) is 39.8 Å². The van der Waals surface area contributed by atoms with E-state index in [9.17, 15) is 9.59 Å². The number of aromatic nitrogens is 1. The highest BCUT2D eigenvalue weighted by atomic mass is 35.5. The minimum atomic E-state index is -0.306. The first-order chi connectivity index (χ1) is 13.4. The van der Waals surface area contributed by atoms with Crippen molar-refractivity contribution in [3.05, 3.63) is 64.4 Å². The van der Waals surface area contributed by atoms with Crippen LogP contribution in [-0.4, -0.2) is 66.4 Å². The number of benzene rings is 1. The molecule has 0 aliphatic carbocycles. The maximum absolute atomic E-state index is 12.6. The number of pyridine rings is 1. The van der Waals surface area contributed by atoms with Crippen LogP contribution in [0.25, 0.3) is 0 Å². The van der Waals surface area contributed by atoms with Gasteiger partial charge in [-0.25, -0.2) is 0 Å². The van der Waals surface area contributed by atoms with Crippen molar-refractivity contribution in [1.82, 2.24) is 14.8 Å². The highest BCUT2D eigenvalue weighted by molar-refractivity contribution is 6.30. The SMILES string of the molecule is Cc1cccc(C[NH+]2CCN(C(=O)CN(C)C(=O)c3cc(Cl)ccn3)CC2)c1. The molecule has 3 rings (SSSR count). The monoisotopic (exact) mass is 401 g/mol. The fraction of sp³-hybridized carbons (Fsp3) is 0.381. The van der Waals surface area contributed by atoms with Gasteiger partial charge in [0.25, 0.3) is 5.91 Å². The quantitative estimate of drug-likeness (QED) is 0.814. The molecule has 1 fully saturated rings. The van der Waals surface area contributed by atoms with Crippen molar-refractivity contribution in [3.63, 3.8) is 0 Å². The fourth-order valence-corrected chi connectivity index (χ4v) is 3.61. The molecule has 1 aliphatic rings. The zero-order valence-electron chi connectivity index (χ0n) is 16.3. The predicted octanol–water partition coefficient (Wildman–Crippen LogP) is 1.04. The normalized spacial score (nSPS) is 14.8. The van der Waals surface area contributed by atoms with E-state index in [2.05, 4.69) is 36.2 Å². The van der Waals surface area contributed by atoms with Crippen LogP contribution in [0.15, 0.2) is 42.6 Å². The topological polar surface area (TPSA) is 58.0 Å². The third kappa shape index (κ3) is 5.30. The van der Waals surface area contributed by atoms with Crippen LogP contribution in [0.5, 0.6) is 0 Å². The van der Waals surface area contributed by atoms with E-state index in [1.165, 1.54) is 33.2 Å². The number of nitrogens with one attached hydrogen (secondary N) is 1. The van der Waals surface area contributed by atoms with Crippen molar-refractivity contribution < 1.29 is 14.5 Å². The average molecular weight is 402 g/mol. The standard InChI is InChI=1S/C21H25ClN4O2/c1-16-4-3-5-17(12-16)14-25-8-10-26(11-9-25)20(27)15-24(2)21(28)19-13-18(22)6-7-23-19/h3-7,12-13H,8-11,14-15H2,1-2H3/p+1. The molecule has 0 spiro atoms. The Morgan fingerprint density at radius 3 is 2.64 bits per heavy atom. The van der Waals surface area contributed by atoms with Gasteiger partial charge >= 0.3 is 0 Å². The molecule has 6 nitrogen and oxygen atoms in total. The van der Waals surface area contributed by atoms with Gasteiger partial charge in [-0.1, -0.05) is 41.4 Å². The van der Waals surface area contributed by atoms with Gasteiger partial charge in [0.15, 0.2) is 0 Å². The predicted molar refractivity (Wildman–Crippen MR) is 108 cm³/mol. The summed E-state index contributed by atoms with van der Waals surface area (Å²) in [5, 5.41) is 0.450. The van der Waals surface area contributed by atoms with Crippen molar-refractivity contribution in [1.29, 1.82) is 0 Å². The Morgan fingerprint density at radius 2 is 1.96 bits per heavy atom. The summed E-state index contributed by atoms with van der Waals surface area (Å²) in [7, 11) is 1.61. The summed E-state index contributed by atoms with van der Waals surface area (Å²) in [6, 6.07) is 11.7. The maximum atomic E-state index is 12.6. The van der Waals surface area contributed by atoms with Crippen LogP contribution in [0.1, 0.15) is 21.6 Å². The van der Waals surface area contributed by atoms with Crippen LogP contribution in [0.3, 0.4) is 0 Å². The van der Waals surface area contributed by atoms with Crippen molar-refractivity contribution in [2.24, 2.45) is 0 Å². The summed E-state index contributed by atoms with van der Waals surface area (Å²) in [5.74, 6) is -0.341. The molecule has 1 N–H and O–H groups in total. The lowest BCUT2D eigenvalue weighted by atomic mass is 10.1. The van der Waals surface area contributed by atoms with Gasteiger partial charge in [0, 0.05) is 23.8 Å². The van der Waals surface area contributed by atoms with E-state index in [1.54, 1.807) is 13.1 Å². The Kier molecular flexibility index (Phi) is 6.65. The average Bonchev–Trinajstić information content (AvgIpc) is 2.68. The molecule has 1 saturated heterocycles. The van der Waals surface area contributed by atoms with Crippen molar-refractivity contribution >= 4 is 23.4 Å². The number of amides is 2. The smallest absolute Gasteiger partial charge is 0.272 e. The second-order valence-electron chi connectivity index (χ2n) is 7.32. The lowest BCUT2D eigenvalue weighted by molar-refractivity contribution is -0.917. The van der Waals surface area contributed by atoms with Gasteiger partial charge in [-0.3, -0.25) is 14.6 Å². The molecule has 28 heavy (non-hydrogen) atoms. The summed E-state index contributed by atoms with van der Waals surface area (Å²) >= 11 is 5.91. The van der Waals surface area contributed by atoms with Crippen molar-refractivity contribution in [3.8, 4) is 0 Å². The fourth-order valence-electron chi connectivity index (χ4n) is 3.45. The van der Waals surface area contributed by atoms with Gasteiger partial charge < -0.3 is 14.7 Å². The molecule has 0 unspecified atom stereocenters. The molecule has 0 saturated carbocycles. The van der Waals surface area contributed by atoms with E-state index in [-0.39, 0.29) is 24.1 Å². The summed E-state index contributed by atoms with van der Waals surface area (Å²) in [6.45, 7) is 6.35. The number of carbonyl (C=O) groups excluding carboxylic acids is 2. The third-order valence-electron chi connectivity index (χ3n) is 5.02. The van der Waals surface area contributed by atoms with E-state index in [0.717, 1.165) is 19.6 Å². The molecular weight excluding hydrogens is 376 g/mol. The number of halogens is 1. The van der Waals surface area contributed by atoms with Crippen molar-refractivity contribution in [2.45, 2.75) is 13.5 Å². The number of quaternary nitrogens is 1. The largest absolute Gasteiger partial charge is 0.331 e. The summed E-state index contributed by atoms with van der Waals surface area (Å²) in [5.41, 5.74) is 2.84. The van der Waals surface area contributed by atoms with Gasteiger partial charge in [-0.2, -0.15) is 0 Å². The molecule has 2 aromatic rings. The highest BCUT2D eigenvalue weighted by Gasteiger charge is 2.26. The number of likely N-dealkylation sites (N-methyl/N-ethyl adjacent to an activating group) is 1. The second kappa shape index (κ2) is 9.17. The van der Waals surface area contributed by atoms with E-state index in [0.29, 0.717) is 18.1 Å². The van der Waals surface area contributed by atoms with Gasteiger partial charge in [0.05, 0.1) is 32.7 Å². The Bertz CT molecular complexity index is 850. The molecular formula is C21H26ClN4O2+. The summed E-state index contributed by atoms with van der Waals surface area (Å²) in [4.78, 5) is 33.8. The first-order valence-electron chi connectivity index (χ1n) is 9.46.